The molecule has 1 unspecified atom stereocenters. The van der Waals surface area contributed by atoms with E-state index < -0.39 is 12.0 Å². The lowest BCUT2D eigenvalue weighted by atomic mass is 10.2. The van der Waals surface area contributed by atoms with Gasteiger partial charge in [0.15, 0.2) is 0 Å². The van der Waals surface area contributed by atoms with Crippen molar-refractivity contribution in [2.24, 2.45) is 0 Å². The molecule has 0 fully saturated rings. The van der Waals surface area contributed by atoms with Crippen LogP contribution in [0.25, 0.3) is 0 Å². The third-order valence-corrected chi connectivity index (χ3v) is 2.27. The van der Waals surface area contributed by atoms with E-state index in [4.69, 9.17) is 5.11 Å². The van der Waals surface area contributed by atoms with E-state index in [1.807, 2.05) is 0 Å². The van der Waals surface area contributed by atoms with Gasteiger partial charge in [0.25, 0.3) is 0 Å². The van der Waals surface area contributed by atoms with Crippen LogP contribution in [0.3, 0.4) is 0 Å². The summed E-state index contributed by atoms with van der Waals surface area (Å²) in [5.41, 5.74) is 0.472. The predicted octanol–water partition coefficient (Wildman–Crippen LogP) is 2.20. The van der Waals surface area contributed by atoms with E-state index in [2.05, 4.69) is 10.6 Å². The molecule has 18 heavy (non-hydrogen) atoms. The first kappa shape index (κ1) is 14.0. The molecule has 0 aliphatic heterocycles. The average Bonchev–Trinajstić information content (AvgIpc) is 2.29. The average molecular weight is 254 g/mol. The van der Waals surface area contributed by atoms with Crippen LogP contribution in [0, 0.1) is 5.82 Å². The fourth-order valence-corrected chi connectivity index (χ4v) is 1.34. The van der Waals surface area contributed by atoms with E-state index in [0.717, 1.165) is 0 Å². The van der Waals surface area contributed by atoms with Crippen LogP contribution < -0.4 is 10.6 Å². The summed E-state index contributed by atoms with van der Waals surface area (Å²) in [6.45, 7) is 1.72. The molecule has 1 atom stereocenters. The molecule has 1 aromatic carbocycles. The molecule has 0 bridgehead atoms. The van der Waals surface area contributed by atoms with Crippen molar-refractivity contribution in [1.82, 2.24) is 5.32 Å². The van der Waals surface area contributed by atoms with Gasteiger partial charge in [-0.3, -0.25) is 4.79 Å². The van der Waals surface area contributed by atoms with E-state index >= 15 is 0 Å². The summed E-state index contributed by atoms with van der Waals surface area (Å²) in [5.74, 6) is -1.28. The van der Waals surface area contributed by atoms with E-state index in [-0.39, 0.29) is 18.3 Å². The van der Waals surface area contributed by atoms with Crippen LogP contribution in [-0.4, -0.2) is 23.1 Å². The number of carboxylic acids is 1. The molecule has 0 saturated carbocycles. The van der Waals surface area contributed by atoms with E-state index in [0.29, 0.717) is 12.1 Å². The van der Waals surface area contributed by atoms with Gasteiger partial charge in [-0.2, -0.15) is 0 Å². The second-order valence-electron chi connectivity index (χ2n) is 3.94. The number of nitrogens with one attached hydrogen (secondary N) is 2. The minimum atomic E-state index is -0.900. The fraction of sp³-hybridized carbons (Fsp3) is 0.333. The Morgan fingerprint density at radius 1 is 1.33 bits per heavy atom. The molecule has 0 aliphatic rings. The van der Waals surface area contributed by atoms with Crippen LogP contribution in [0.2, 0.25) is 0 Å². The molecular formula is C12H15FN2O3. The van der Waals surface area contributed by atoms with Crippen LogP contribution in [0.5, 0.6) is 0 Å². The number of halogens is 1. The zero-order valence-corrected chi connectivity index (χ0v) is 9.94. The second kappa shape index (κ2) is 6.58. The Kier molecular flexibility index (Phi) is 5.10. The number of carbonyl (C=O) groups is 2. The van der Waals surface area contributed by atoms with Crippen LogP contribution in [0.4, 0.5) is 14.9 Å². The quantitative estimate of drug-likeness (QED) is 0.753. The van der Waals surface area contributed by atoms with Gasteiger partial charge in [-0.1, -0.05) is 0 Å². The van der Waals surface area contributed by atoms with Gasteiger partial charge in [-0.05, 0) is 37.6 Å². The maximum Gasteiger partial charge on any atom is 0.319 e. The normalized spacial score (nSPS) is 11.7. The first-order chi connectivity index (χ1) is 8.47. The number of rotatable bonds is 5. The minimum absolute atomic E-state index is 0.00199. The highest BCUT2D eigenvalue weighted by molar-refractivity contribution is 5.89. The lowest BCUT2D eigenvalue weighted by Gasteiger charge is -2.13. The highest BCUT2D eigenvalue weighted by atomic mass is 19.1. The predicted molar refractivity (Wildman–Crippen MR) is 64.9 cm³/mol. The largest absolute Gasteiger partial charge is 0.481 e. The summed E-state index contributed by atoms with van der Waals surface area (Å²) in [4.78, 5) is 21.8. The Hall–Kier alpha value is -2.11. The number of anilines is 1. The summed E-state index contributed by atoms with van der Waals surface area (Å²) < 4.78 is 12.6. The highest BCUT2D eigenvalue weighted by Crippen LogP contribution is 2.08. The molecule has 1 aromatic rings. The summed E-state index contributed by atoms with van der Waals surface area (Å²) in [6.07, 6.45) is 0.351. The summed E-state index contributed by atoms with van der Waals surface area (Å²) >= 11 is 0. The molecular weight excluding hydrogens is 239 g/mol. The molecule has 0 spiro atoms. The van der Waals surface area contributed by atoms with Gasteiger partial charge >= 0.3 is 12.0 Å². The van der Waals surface area contributed by atoms with Gasteiger partial charge in [0.1, 0.15) is 5.82 Å². The summed E-state index contributed by atoms with van der Waals surface area (Å²) in [5, 5.41) is 13.6. The number of aliphatic carboxylic acids is 1. The SMILES string of the molecule is CC(CCC(=O)O)NC(=O)Nc1ccc(F)cc1. The number of hydrogen-bond donors (Lipinski definition) is 3. The number of amides is 2. The number of carboxylic acid groups (broad SMARTS) is 1. The molecule has 0 radical (unpaired) electrons. The van der Waals surface area contributed by atoms with E-state index in [9.17, 15) is 14.0 Å². The maximum absolute atomic E-state index is 12.6. The van der Waals surface area contributed by atoms with Crippen LogP contribution in [0.1, 0.15) is 19.8 Å². The zero-order valence-electron chi connectivity index (χ0n) is 9.94. The molecule has 0 heterocycles. The van der Waals surface area contributed by atoms with Crippen molar-refractivity contribution in [2.75, 3.05) is 5.32 Å². The van der Waals surface area contributed by atoms with Crippen molar-refractivity contribution >= 4 is 17.7 Å². The van der Waals surface area contributed by atoms with Crippen molar-refractivity contribution in [1.29, 1.82) is 0 Å². The summed E-state index contributed by atoms with van der Waals surface area (Å²) in [6, 6.07) is 4.67. The molecule has 0 saturated heterocycles. The number of urea groups is 1. The van der Waals surface area contributed by atoms with Crippen LogP contribution >= 0.6 is 0 Å². The van der Waals surface area contributed by atoms with E-state index in [1.165, 1.54) is 24.3 Å². The second-order valence-corrected chi connectivity index (χ2v) is 3.94. The Bertz CT molecular complexity index is 420. The number of hydrogen-bond acceptors (Lipinski definition) is 2. The van der Waals surface area contributed by atoms with Gasteiger partial charge < -0.3 is 15.7 Å². The monoisotopic (exact) mass is 254 g/mol. The molecule has 2 amide bonds. The fourth-order valence-electron chi connectivity index (χ4n) is 1.34. The third-order valence-electron chi connectivity index (χ3n) is 2.27. The van der Waals surface area contributed by atoms with Crippen molar-refractivity contribution < 1.29 is 19.1 Å². The minimum Gasteiger partial charge on any atom is -0.481 e. The van der Waals surface area contributed by atoms with Gasteiger partial charge in [0, 0.05) is 18.2 Å². The van der Waals surface area contributed by atoms with Crippen LogP contribution in [-0.2, 0) is 4.79 Å². The smallest absolute Gasteiger partial charge is 0.319 e. The van der Waals surface area contributed by atoms with Crippen LogP contribution in [0.15, 0.2) is 24.3 Å². The molecule has 0 aromatic heterocycles. The molecule has 3 N–H and O–H groups in total. The lowest BCUT2D eigenvalue weighted by Crippen LogP contribution is -2.36. The lowest BCUT2D eigenvalue weighted by molar-refractivity contribution is -0.137. The van der Waals surface area contributed by atoms with Gasteiger partial charge in [0.05, 0.1) is 0 Å². The van der Waals surface area contributed by atoms with Crippen molar-refractivity contribution in [3.63, 3.8) is 0 Å². The van der Waals surface area contributed by atoms with Gasteiger partial charge in [0.2, 0.25) is 0 Å². The van der Waals surface area contributed by atoms with Crippen molar-refractivity contribution in [3.05, 3.63) is 30.1 Å². The Labute approximate surface area is 104 Å². The Balaban J connectivity index is 2.37. The molecule has 6 heteroatoms. The standard InChI is InChI=1S/C12H15FN2O3/c1-8(2-7-11(16)17)14-12(18)15-10-5-3-9(13)4-6-10/h3-6,8H,2,7H2,1H3,(H,16,17)(H2,14,15,18). The topological polar surface area (TPSA) is 78.4 Å². The molecule has 0 aliphatic carbocycles. The first-order valence-electron chi connectivity index (χ1n) is 5.52. The van der Waals surface area contributed by atoms with Crippen molar-refractivity contribution in [3.8, 4) is 0 Å². The molecule has 1 rings (SSSR count). The number of benzene rings is 1. The number of carbonyl (C=O) groups excluding carboxylic acids is 1. The Morgan fingerprint density at radius 3 is 2.50 bits per heavy atom. The van der Waals surface area contributed by atoms with Gasteiger partial charge in [-0.15, -0.1) is 0 Å². The van der Waals surface area contributed by atoms with E-state index in [1.54, 1.807) is 6.92 Å². The summed E-state index contributed by atoms with van der Waals surface area (Å²) in [7, 11) is 0. The molecule has 5 nitrogen and oxygen atoms in total. The third kappa shape index (κ3) is 5.29. The van der Waals surface area contributed by atoms with Crippen molar-refractivity contribution in [2.45, 2.75) is 25.8 Å². The zero-order chi connectivity index (χ0) is 13.5. The maximum atomic E-state index is 12.6. The first-order valence-corrected chi connectivity index (χ1v) is 5.52. The Morgan fingerprint density at radius 2 is 1.94 bits per heavy atom. The van der Waals surface area contributed by atoms with Gasteiger partial charge in [-0.25, -0.2) is 9.18 Å². The molecule has 98 valence electrons. The highest BCUT2D eigenvalue weighted by Gasteiger charge is 2.09.